The Bertz CT molecular complexity index is 95.4. The van der Waals surface area contributed by atoms with Crippen molar-refractivity contribution in [1.29, 1.82) is 0 Å². The third kappa shape index (κ3) is 2.51. The average molecular weight is 177 g/mol. The van der Waals surface area contributed by atoms with Gasteiger partial charge in [0.2, 0.25) is 0 Å². The summed E-state index contributed by atoms with van der Waals surface area (Å²) >= 11 is 3.29. The van der Waals surface area contributed by atoms with E-state index >= 15 is 0 Å². The van der Waals surface area contributed by atoms with Crippen molar-refractivity contribution in [2.75, 3.05) is 0 Å². The van der Waals surface area contributed by atoms with Gasteiger partial charge in [0.05, 0.1) is 0 Å². The molecule has 0 aliphatic heterocycles. The highest BCUT2D eigenvalue weighted by molar-refractivity contribution is 9.11. The Balaban J connectivity index is 4.03. The minimum atomic E-state index is 0.323. The topological polar surface area (TPSA) is 0 Å². The van der Waals surface area contributed by atoms with Crippen LogP contribution in [0.15, 0.2) is 10.6 Å². The lowest BCUT2D eigenvalue weighted by Gasteiger charge is -2.17. The molecule has 8 heavy (non-hydrogen) atoms. The van der Waals surface area contributed by atoms with E-state index in [2.05, 4.69) is 43.6 Å². The van der Waals surface area contributed by atoms with Gasteiger partial charge in [-0.25, -0.2) is 0 Å². The van der Waals surface area contributed by atoms with Crippen LogP contribution in [-0.2, 0) is 0 Å². The molecule has 48 valence electrons. The van der Waals surface area contributed by atoms with E-state index in [1.54, 1.807) is 0 Å². The predicted octanol–water partition coefficient (Wildman–Crippen LogP) is 3.33. The van der Waals surface area contributed by atoms with Gasteiger partial charge in [-0.3, -0.25) is 0 Å². The van der Waals surface area contributed by atoms with Crippen LogP contribution < -0.4 is 0 Å². The minimum absolute atomic E-state index is 0.323. The lowest BCUT2D eigenvalue weighted by molar-refractivity contribution is 0.505. The smallest absolute Gasteiger partial charge is 0.0168 e. The summed E-state index contributed by atoms with van der Waals surface area (Å²) in [6, 6.07) is 0. The molecule has 0 spiro atoms. The molecular formula is C7H13Br. The zero-order chi connectivity index (χ0) is 6.78. The third-order valence-corrected chi connectivity index (χ3v) is 2.03. The molecule has 0 nitrogen and oxygen atoms in total. The molecular weight excluding hydrogens is 164 g/mol. The molecule has 1 heteroatoms. The van der Waals surface area contributed by atoms with Crippen molar-refractivity contribution < 1.29 is 0 Å². The maximum absolute atomic E-state index is 3.29. The molecule has 0 N–H and O–H groups in total. The third-order valence-electron chi connectivity index (χ3n) is 1.35. The summed E-state index contributed by atoms with van der Waals surface area (Å²) in [4.78, 5) is 1.98. The van der Waals surface area contributed by atoms with Gasteiger partial charge in [0.15, 0.2) is 0 Å². The van der Waals surface area contributed by atoms with Gasteiger partial charge in [-0.2, -0.15) is 0 Å². The lowest BCUT2D eigenvalue weighted by Crippen LogP contribution is -2.05. The molecule has 0 aromatic carbocycles. The van der Waals surface area contributed by atoms with Gasteiger partial charge in [-0.05, 0) is 17.3 Å². The quantitative estimate of drug-likeness (QED) is 0.532. The number of halogens is 1. The Morgan fingerprint density at radius 3 is 1.75 bits per heavy atom. The van der Waals surface area contributed by atoms with Crippen LogP contribution in [0.3, 0.4) is 0 Å². The zero-order valence-electron chi connectivity index (χ0n) is 5.96. The summed E-state index contributed by atoms with van der Waals surface area (Å²) in [6.45, 7) is 8.70. The highest BCUT2D eigenvalue weighted by atomic mass is 79.9. The van der Waals surface area contributed by atoms with Crippen LogP contribution in [0.2, 0.25) is 0 Å². The molecule has 0 rings (SSSR count). The van der Waals surface area contributed by atoms with E-state index in [-0.39, 0.29) is 0 Å². The molecule has 0 atom stereocenters. The fourth-order valence-electron chi connectivity index (χ4n) is 0.164. The molecule has 0 radical (unpaired) electrons. The first kappa shape index (κ1) is 8.22. The zero-order valence-corrected chi connectivity index (χ0v) is 7.54. The minimum Gasteiger partial charge on any atom is -0.0610 e. The van der Waals surface area contributed by atoms with Gasteiger partial charge in [-0.1, -0.05) is 42.3 Å². The van der Waals surface area contributed by atoms with Crippen LogP contribution in [0.4, 0.5) is 0 Å². The summed E-state index contributed by atoms with van der Waals surface area (Å²) in [5.41, 5.74) is 1.70. The predicted molar refractivity (Wildman–Crippen MR) is 42.1 cm³/mol. The monoisotopic (exact) mass is 176 g/mol. The van der Waals surface area contributed by atoms with Crippen molar-refractivity contribution in [3.8, 4) is 0 Å². The maximum atomic E-state index is 3.29. The molecule has 0 aliphatic carbocycles. The summed E-state index contributed by atoms with van der Waals surface area (Å²) in [7, 11) is 0. The van der Waals surface area contributed by atoms with Crippen molar-refractivity contribution in [3.63, 3.8) is 0 Å². The van der Waals surface area contributed by atoms with Gasteiger partial charge in [0.25, 0.3) is 0 Å². The Morgan fingerprint density at radius 2 is 1.75 bits per heavy atom. The van der Waals surface area contributed by atoms with Crippen LogP contribution >= 0.6 is 15.9 Å². The normalized spacial score (nSPS) is 14.4. The molecule has 0 aromatic heterocycles. The Labute approximate surface area is 60.1 Å². The van der Waals surface area contributed by atoms with Crippen molar-refractivity contribution in [2.24, 2.45) is 5.41 Å². The highest BCUT2D eigenvalue weighted by Crippen LogP contribution is 2.24. The standard InChI is InChI=1S/C7H13Br/c1-6(5-8)7(2,3)4/h5H,1-4H3. The molecule has 0 bridgehead atoms. The average Bonchev–Trinajstić information content (AvgIpc) is 1.62. The first-order valence-corrected chi connectivity index (χ1v) is 3.67. The Kier molecular flexibility index (Phi) is 2.75. The summed E-state index contributed by atoms with van der Waals surface area (Å²) in [5, 5.41) is 0. The summed E-state index contributed by atoms with van der Waals surface area (Å²) < 4.78 is 0. The fraction of sp³-hybridized carbons (Fsp3) is 0.714. The Morgan fingerprint density at radius 1 is 1.38 bits per heavy atom. The molecule has 0 unspecified atom stereocenters. The van der Waals surface area contributed by atoms with Gasteiger partial charge in [0, 0.05) is 0 Å². The second kappa shape index (κ2) is 2.67. The fourth-order valence-corrected chi connectivity index (χ4v) is 0.850. The molecule has 0 fully saturated rings. The molecule has 0 saturated carbocycles. The lowest BCUT2D eigenvalue weighted by atomic mass is 9.89. The summed E-state index contributed by atoms with van der Waals surface area (Å²) in [6.07, 6.45) is 0. The van der Waals surface area contributed by atoms with E-state index < -0.39 is 0 Å². The van der Waals surface area contributed by atoms with Crippen LogP contribution in [0.25, 0.3) is 0 Å². The second-order valence-electron chi connectivity index (χ2n) is 3.04. The maximum Gasteiger partial charge on any atom is -0.0168 e. The molecule has 0 aliphatic rings. The van der Waals surface area contributed by atoms with E-state index in [0.29, 0.717) is 5.41 Å². The van der Waals surface area contributed by atoms with E-state index in [0.717, 1.165) is 0 Å². The number of rotatable bonds is 0. The van der Waals surface area contributed by atoms with Crippen molar-refractivity contribution in [2.45, 2.75) is 27.7 Å². The van der Waals surface area contributed by atoms with E-state index in [9.17, 15) is 0 Å². The summed E-state index contributed by atoms with van der Waals surface area (Å²) in [5.74, 6) is 0. The van der Waals surface area contributed by atoms with Crippen LogP contribution in [-0.4, -0.2) is 0 Å². The van der Waals surface area contributed by atoms with Gasteiger partial charge < -0.3 is 0 Å². The van der Waals surface area contributed by atoms with E-state index in [1.165, 1.54) is 5.57 Å². The van der Waals surface area contributed by atoms with Crippen LogP contribution in [0.1, 0.15) is 27.7 Å². The van der Waals surface area contributed by atoms with E-state index in [4.69, 9.17) is 0 Å². The number of hydrogen-bond donors (Lipinski definition) is 0. The Hall–Kier alpha value is 0.220. The SMILES string of the molecule is CC(=CBr)C(C)(C)C. The number of hydrogen-bond acceptors (Lipinski definition) is 0. The molecule has 0 amide bonds. The molecule has 0 aromatic rings. The first-order chi connectivity index (χ1) is 3.48. The van der Waals surface area contributed by atoms with Gasteiger partial charge in [0.1, 0.15) is 0 Å². The van der Waals surface area contributed by atoms with E-state index in [1.807, 2.05) is 4.99 Å². The first-order valence-electron chi connectivity index (χ1n) is 2.76. The number of allylic oxidation sites excluding steroid dienone is 1. The molecule has 0 saturated heterocycles. The van der Waals surface area contributed by atoms with Crippen molar-refractivity contribution >= 4 is 15.9 Å². The van der Waals surface area contributed by atoms with Crippen molar-refractivity contribution in [1.82, 2.24) is 0 Å². The van der Waals surface area contributed by atoms with Crippen LogP contribution in [0, 0.1) is 5.41 Å². The van der Waals surface area contributed by atoms with Gasteiger partial charge >= 0.3 is 0 Å². The second-order valence-corrected chi connectivity index (χ2v) is 3.50. The van der Waals surface area contributed by atoms with Crippen LogP contribution in [0.5, 0.6) is 0 Å². The molecule has 0 heterocycles. The van der Waals surface area contributed by atoms with Crippen molar-refractivity contribution in [3.05, 3.63) is 10.6 Å². The highest BCUT2D eigenvalue weighted by Gasteiger charge is 2.10. The largest absolute Gasteiger partial charge is 0.0610 e. The van der Waals surface area contributed by atoms with Gasteiger partial charge in [-0.15, -0.1) is 0 Å².